The molecule has 0 fully saturated rings. The third kappa shape index (κ3) is 31.6. The molecule has 456 valence electrons. The fraction of sp³-hybridized carbons (Fsp3) is 0.300. The Hall–Kier alpha value is -0.371. The molecule has 0 aliphatic rings. The summed E-state index contributed by atoms with van der Waals surface area (Å²) in [4.78, 5) is 47.9. The predicted molar refractivity (Wildman–Crippen MR) is 329 cm³/mol. The van der Waals surface area contributed by atoms with Crippen LogP contribution in [0, 0.1) is 0 Å². The van der Waals surface area contributed by atoms with Crippen molar-refractivity contribution < 1.29 is 236 Å². The standard InChI is InChI=1S/3C20H25O6PS.3K/c3*1-15(2)14-17-8-12-19(13-9-17)18-10-6-16(7-11-18)4-3-5-20(27(21,22)23)28(24,25)26;;;/h3*6-14,20H,3-5H2,1-2H3,(H2,21,22,23)(H,24,25,26);;;/q;;;3*+1/p-3. The number of benzene rings is 6. The Kier molecular flexibility index (Phi) is 37.8. The zero-order valence-corrected chi connectivity index (χ0v) is 64.8. The molecule has 87 heavy (non-hydrogen) atoms. The minimum absolute atomic E-state index is 0. The molecule has 0 spiro atoms. The second-order valence-electron chi connectivity index (χ2n) is 20.9. The van der Waals surface area contributed by atoms with Crippen molar-refractivity contribution in [2.24, 2.45) is 0 Å². The largest absolute Gasteiger partial charge is 1.00 e. The molecule has 0 saturated carbocycles. The van der Waals surface area contributed by atoms with Gasteiger partial charge in [-0.1, -0.05) is 181 Å². The van der Waals surface area contributed by atoms with Crippen LogP contribution in [0.2, 0.25) is 0 Å². The Morgan fingerprint density at radius 1 is 0.345 bits per heavy atom. The SMILES string of the molecule is CC(C)=Cc1ccc(-c2ccc(CCCC(P(=O)(O)O)S(=O)(=O)[O-])cc2)cc1.CC(C)=Cc1ccc(-c2ccc(CCCC(P(=O)(O)O)S(=O)(=O)[O-])cc2)cc1.CC(C)=Cc1ccc(-c2ccc(CCCC(P(=O)(O)O)S(=O)(=O)[O-])cc2)cc1.[K+].[K+].[K+]. The number of hydrogen-bond acceptors (Lipinski definition) is 12. The van der Waals surface area contributed by atoms with Gasteiger partial charge in [0.25, 0.3) is 0 Å². The molecule has 27 heteroatoms. The summed E-state index contributed by atoms with van der Waals surface area (Å²) in [5, 5.41) is 0. The van der Waals surface area contributed by atoms with E-state index in [9.17, 15) is 52.6 Å². The van der Waals surface area contributed by atoms with Crippen molar-refractivity contribution >= 4 is 71.4 Å². The molecule has 0 aromatic heterocycles. The number of aryl methyl sites for hydroxylation is 3. The summed E-state index contributed by atoms with van der Waals surface area (Å²) in [6.07, 6.45) is 7.01. The summed E-state index contributed by atoms with van der Waals surface area (Å²) >= 11 is 0. The maximum absolute atomic E-state index is 11.2. The maximum atomic E-state index is 11.2. The third-order valence-corrected chi connectivity index (χ3v) is 23.4. The Morgan fingerprint density at radius 3 is 0.644 bits per heavy atom. The molecule has 6 aromatic rings. The number of hydrogen-bond donors (Lipinski definition) is 6. The van der Waals surface area contributed by atoms with Crippen LogP contribution in [0.15, 0.2) is 162 Å². The van der Waals surface area contributed by atoms with Gasteiger partial charge in [-0.3, -0.25) is 13.7 Å². The Bertz CT molecular complexity index is 3320. The predicted octanol–water partition coefficient (Wildman–Crippen LogP) is 3.46. The van der Waals surface area contributed by atoms with Gasteiger partial charge in [-0.15, -0.1) is 0 Å². The van der Waals surface area contributed by atoms with Crippen molar-refractivity contribution in [2.45, 2.75) is 114 Å². The van der Waals surface area contributed by atoms with Crippen molar-refractivity contribution in [3.63, 3.8) is 0 Å². The smallest absolute Gasteiger partial charge is 0.747 e. The second kappa shape index (κ2) is 38.9. The molecule has 3 atom stereocenters. The van der Waals surface area contributed by atoms with Gasteiger partial charge in [-0.25, -0.2) is 25.3 Å². The summed E-state index contributed by atoms with van der Waals surface area (Å²) in [5.74, 6) is 0. The van der Waals surface area contributed by atoms with Crippen LogP contribution < -0.4 is 154 Å². The number of allylic oxidation sites excluding steroid dienone is 3. The van der Waals surface area contributed by atoms with Crippen molar-refractivity contribution in [1.29, 1.82) is 0 Å². The maximum Gasteiger partial charge on any atom is 1.00 e. The Labute approximate surface area is 640 Å². The average molecular weight is 1390 g/mol. The van der Waals surface area contributed by atoms with Gasteiger partial charge >= 0.3 is 177 Å². The average Bonchev–Trinajstić information content (AvgIpc) is 3.37. The van der Waals surface area contributed by atoms with Gasteiger partial charge in [-0.05, 0) is 166 Å². The Morgan fingerprint density at radius 2 is 0.506 bits per heavy atom. The fourth-order valence-corrected chi connectivity index (χ4v) is 15.8. The van der Waals surface area contributed by atoms with Crippen molar-refractivity contribution in [1.82, 2.24) is 0 Å². The first-order chi connectivity index (χ1) is 38.9. The first kappa shape index (κ1) is 84.6. The third-order valence-electron chi connectivity index (χ3n) is 12.8. The van der Waals surface area contributed by atoms with Crippen molar-refractivity contribution in [3.05, 3.63) is 196 Å². The molecule has 0 amide bonds. The molecule has 0 bridgehead atoms. The molecular weight excluding hydrogens is 1320 g/mol. The molecule has 0 radical (unpaired) electrons. The van der Waals surface area contributed by atoms with Gasteiger partial charge in [0.1, 0.15) is 30.4 Å². The van der Waals surface area contributed by atoms with E-state index in [1.807, 2.05) is 187 Å². The molecule has 0 aliphatic heterocycles. The first-order valence-corrected chi connectivity index (χ1v) is 35.9. The van der Waals surface area contributed by atoms with Crippen LogP contribution in [0.3, 0.4) is 0 Å². The van der Waals surface area contributed by atoms with E-state index < -0.39 is 68.1 Å². The van der Waals surface area contributed by atoms with Gasteiger partial charge < -0.3 is 43.0 Å². The van der Waals surface area contributed by atoms with Gasteiger partial charge in [0.15, 0.2) is 15.0 Å². The topological polar surface area (TPSA) is 344 Å². The van der Waals surface area contributed by atoms with E-state index in [1.54, 1.807) is 0 Å². The van der Waals surface area contributed by atoms with Crippen LogP contribution in [-0.2, 0) is 63.3 Å². The van der Waals surface area contributed by atoms with E-state index >= 15 is 0 Å². The summed E-state index contributed by atoms with van der Waals surface area (Å²) in [6, 6.07) is 47.4. The molecule has 0 saturated heterocycles. The quantitative estimate of drug-likeness (QED) is 0.0287. The summed E-state index contributed by atoms with van der Waals surface area (Å²) in [6.45, 7) is 12.3. The van der Waals surface area contributed by atoms with Gasteiger partial charge in [0.05, 0.1) is 0 Å². The summed E-state index contributed by atoms with van der Waals surface area (Å²) in [7, 11) is -30.1. The van der Waals surface area contributed by atoms with Crippen molar-refractivity contribution in [3.8, 4) is 33.4 Å². The van der Waals surface area contributed by atoms with E-state index in [-0.39, 0.29) is 193 Å². The minimum Gasteiger partial charge on any atom is -0.747 e. The normalized spacial score (nSPS) is 12.7. The van der Waals surface area contributed by atoms with E-state index in [0.717, 1.165) is 66.8 Å². The molecule has 6 rings (SSSR count). The second-order valence-corrected chi connectivity index (χ2v) is 32.0. The minimum atomic E-state index is -5.05. The summed E-state index contributed by atoms with van der Waals surface area (Å²) < 4.78 is 133. The Balaban J connectivity index is 0.000000641. The van der Waals surface area contributed by atoms with Crippen LogP contribution in [0.5, 0.6) is 0 Å². The van der Waals surface area contributed by atoms with E-state index in [1.165, 1.54) is 16.7 Å². The van der Waals surface area contributed by atoms with Gasteiger partial charge in [0.2, 0.25) is 0 Å². The molecule has 0 heterocycles. The monoisotopic (exact) mass is 1390 g/mol. The van der Waals surface area contributed by atoms with Gasteiger partial charge in [-0.2, -0.15) is 0 Å². The first-order valence-electron chi connectivity index (χ1n) is 26.4. The molecule has 6 aromatic carbocycles. The van der Waals surface area contributed by atoms with Crippen LogP contribution in [-0.4, -0.2) is 83.2 Å². The van der Waals surface area contributed by atoms with E-state index in [2.05, 4.69) is 18.2 Å². The fourth-order valence-electron chi connectivity index (χ4n) is 8.79. The summed E-state index contributed by atoms with van der Waals surface area (Å²) in [5.41, 5.74) is 16.1. The van der Waals surface area contributed by atoms with Gasteiger partial charge in [0, 0.05) is 0 Å². The van der Waals surface area contributed by atoms with Crippen LogP contribution in [0.4, 0.5) is 0 Å². The molecular formula is C60H72K3O18P3S3. The molecule has 6 N–H and O–H groups in total. The molecule has 3 unspecified atom stereocenters. The van der Waals surface area contributed by atoms with E-state index in [4.69, 9.17) is 29.4 Å². The zero-order valence-electron chi connectivity index (χ0n) is 50.3. The number of rotatable bonds is 24. The van der Waals surface area contributed by atoms with Crippen LogP contribution in [0.25, 0.3) is 51.6 Å². The van der Waals surface area contributed by atoms with Crippen molar-refractivity contribution in [2.75, 3.05) is 0 Å². The molecule has 18 nitrogen and oxygen atoms in total. The van der Waals surface area contributed by atoms with E-state index in [0.29, 0.717) is 19.3 Å². The molecule has 0 aliphatic carbocycles. The zero-order chi connectivity index (χ0) is 62.8. The van der Waals surface area contributed by atoms with Crippen LogP contribution >= 0.6 is 22.8 Å². The van der Waals surface area contributed by atoms with Crippen LogP contribution in [0.1, 0.15) is 113 Å².